The highest BCUT2D eigenvalue weighted by Gasteiger charge is 2.16. The van der Waals surface area contributed by atoms with E-state index in [2.05, 4.69) is 10.1 Å². The molecule has 0 fully saturated rings. The Kier molecular flexibility index (Phi) is 4.16. The number of rotatable bonds is 4. The molecule has 0 aliphatic heterocycles. The van der Waals surface area contributed by atoms with E-state index in [1.165, 1.54) is 17.8 Å². The van der Waals surface area contributed by atoms with Crippen molar-refractivity contribution in [1.82, 2.24) is 4.98 Å². The Labute approximate surface area is 118 Å². The molecule has 20 heavy (non-hydrogen) atoms. The van der Waals surface area contributed by atoms with Gasteiger partial charge in [0, 0.05) is 11.0 Å². The molecule has 0 bridgehead atoms. The van der Waals surface area contributed by atoms with Crippen LogP contribution in [-0.2, 0) is 0 Å². The predicted octanol–water partition coefficient (Wildman–Crippen LogP) is 2.24. The van der Waals surface area contributed by atoms with Crippen LogP contribution >= 0.6 is 11.8 Å². The van der Waals surface area contributed by atoms with Crippen molar-refractivity contribution in [1.29, 1.82) is 0 Å². The Morgan fingerprint density at radius 3 is 2.70 bits per heavy atom. The van der Waals surface area contributed by atoms with E-state index in [1.54, 1.807) is 0 Å². The standard InChI is InChI=1S/C12H10N4O3S/c13-11(15-17)10-6-8(16(18)19)7-14-12(10)20-9-4-2-1-3-5-9/h1-7,17H,(H2,13,15). The molecule has 1 aromatic heterocycles. The van der Waals surface area contributed by atoms with Gasteiger partial charge in [-0.15, -0.1) is 0 Å². The summed E-state index contributed by atoms with van der Waals surface area (Å²) < 4.78 is 0. The molecule has 0 aliphatic carbocycles. The molecule has 3 N–H and O–H groups in total. The summed E-state index contributed by atoms with van der Waals surface area (Å²) in [5.41, 5.74) is 5.54. The summed E-state index contributed by atoms with van der Waals surface area (Å²) in [4.78, 5) is 15.1. The van der Waals surface area contributed by atoms with E-state index in [0.29, 0.717) is 5.03 Å². The Morgan fingerprint density at radius 2 is 2.10 bits per heavy atom. The third-order valence-electron chi connectivity index (χ3n) is 2.39. The molecule has 0 saturated heterocycles. The van der Waals surface area contributed by atoms with Crippen molar-refractivity contribution >= 4 is 23.3 Å². The second kappa shape index (κ2) is 6.02. The van der Waals surface area contributed by atoms with E-state index >= 15 is 0 Å². The van der Waals surface area contributed by atoms with Gasteiger partial charge in [0.25, 0.3) is 5.69 Å². The number of pyridine rings is 1. The molecule has 0 spiro atoms. The van der Waals surface area contributed by atoms with Gasteiger partial charge in [-0.1, -0.05) is 35.1 Å². The van der Waals surface area contributed by atoms with Crippen LogP contribution in [0, 0.1) is 10.1 Å². The zero-order valence-corrected chi connectivity index (χ0v) is 10.9. The minimum atomic E-state index is -0.585. The fourth-order valence-electron chi connectivity index (χ4n) is 1.46. The second-order valence-electron chi connectivity index (χ2n) is 3.70. The molecule has 0 radical (unpaired) electrons. The Bertz CT molecular complexity index is 661. The smallest absolute Gasteiger partial charge is 0.288 e. The van der Waals surface area contributed by atoms with Crippen LogP contribution in [0.1, 0.15) is 5.56 Å². The second-order valence-corrected chi connectivity index (χ2v) is 4.77. The lowest BCUT2D eigenvalue weighted by atomic mass is 10.2. The van der Waals surface area contributed by atoms with Crippen molar-refractivity contribution in [3.63, 3.8) is 0 Å². The first-order chi connectivity index (χ1) is 9.61. The molecular weight excluding hydrogens is 280 g/mol. The lowest BCUT2D eigenvalue weighted by Crippen LogP contribution is -2.15. The molecule has 0 aliphatic rings. The van der Waals surface area contributed by atoms with Crippen molar-refractivity contribution in [3.05, 3.63) is 58.3 Å². The van der Waals surface area contributed by atoms with Gasteiger partial charge >= 0.3 is 0 Å². The quantitative estimate of drug-likeness (QED) is 0.293. The number of amidine groups is 1. The van der Waals surface area contributed by atoms with E-state index in [9.17, 15) is 10.1 Å². The molecule has 0 atom stereocenters. The first-order valence-electron chi connectivity index (χ1n) is 5.47. The van der Waals surface area contributed by atoms with Crippen LogP contribution in [0.25, 0.3) is 0 Å². The third-order valence-corrected chi connectivity index (χ3v) is 3.42. The van der Waals surface area contributed by atoms with E-state index in [0.717, 1.165) is 11.1 Å². The number of oxime groups is 1. The first kappa shape index (κ1) is 13.8. The number of hydrogen-bond donors (Lipinski definition) is 2. The van der Waals surface area contributed by atoms with Crippen LogP contribution in [-0.4, -0.2) is 21.0 Å². The fraction of sp³-hybridized carbons (Fsp3) is 0. The molecule has 8 heteroatoms. The summed E-state index contributed by atoms with van der Waals surface area (Å²) in [7, 11) is 0. The minimum absolute atomic E-state index is 0.218. The molecular formula is C12H10N4O3S. The van der Waals surface area contributed by atoms with Gasteiger partial charge in [0.15, 0.2) is 5.84 Å². The van der Waals surface area contributed by atoms with Crippen LogP contribution in [0.2, 0.25) is 0 Å². The largest absolute Gasteiger partial charge is 0.409 e. The summed E-state index contributed by atoms with van der Waals surface area (Å²) >= 11 is 1.27. The lowest BCUT2D eigenvalue weighted by Gasteiger charge is -2.06. The molecule has 0 amide bonds. The minimum Gasteiger partial charge on any atom is -0.409 e. The molecule has 0 saturated carbocycles. The van der Waals surface area contributed by atoms with Crippen molar-refractivity contribution in [2.24, 2.45) is 10.9 Å². The predicted molar refractivity (Wildman–Crippen MR) is 74.0 cm³/mol. The molecule has 1 heterocycles. The zero-order valence-electron chi connectivity index (χ0n) is 10.1. The topological polar surface area (TPSA) is 115 Å². The summed E-state index contributed by atoms with van der Waals surface area (Å²) in [6.45, 7) is 0. The van der Waals surface area contributed by atoms with Crippen molar-refractivity contribution in [2.75, 3.05) is 0 Å². The van der Waals surface area contributed by atoms with Gasteiger partial charge in [-0.2, -0.15) is 0 Å². The van der Waals surface area contributed by atoms with Crippen molar-refractivity contribution in [3.8, 4) is 0 Å². The van der Waals surface area contributed by atoms with Crippen LogP contribution in [0.4, 0.5) is 5.69 Å². The molecule has 2 rings (SSSR count). The van der Waals surface area contributed by atoms with Crippen molar-refractivity contribution < 1.29 is 10.1 Å². The highest BCUT2D eigenvalue weighted by atomic mass is 32.2. The Hall–Kier alpha value is -2.61. The molecule has 7 nitrogen and oxygen atoms in total. The van der Waals surface area contributed by atoms with E-state index in [1.807, 2.05) is 30.3 Å². The molecule has 1 aromatic carbocycles. The van der Waals surface area contributed by atoms with Gasteiger partial charge in [-0.25, -0.2) is 4.98 Å². The van der Waals surface area contributed by atoms with Crippen LogP contribution in [0.5, 0.6) is 0 Å². The summed E-state index contributed by atoms with van der Waals surface area (Å²) in [6.07, 6.45) is 1.14. The van der Waals surface area contributed by atoms with Gasteiger partial charge in [0.1, 0.15) is 11.2 Å². The number of nitrogens with zero attached hydrogens (tertiary/aromatic N) is 3. The summed E-state index contributed by atoms with van der Waals surface area (Å²) in [5, 5.41) is 22.8. The highest BCUT2D eigenvalue weighted by Crippen LogP contribution is 2.30. The number of nitrogens with two attached hydrogens (primary N) is 1. The van der Waals surface area contributed by atoms with E-state index < -0.39 is 4.92 Å². The summed E-state index contributed by atoms with van der Waals surface area (Å²) in [6, 6.07) is 10.5. The normalized spacial score (nSPS) is 11.3. The van der Waals surface area contributed by atoms with Crippen molar-refractivity contribution in [2.45, 2.75) is 9.92 Å². The van der Waals surface area contributed by atoms with Crippen LogP contribution in [0.15, 0.2) is 57.7 Å². The average Bonchev–Trinajstić information content (AvgIpc) is 2.47. The van der Waals surface area contributed by atoms with Gasteiger partial charge in [0.2, 0.25) is 0 Å². The van der Waals surface area contributed by atoms with Gasteiger partial charge < -0.3 is 10.9 Å². The number of benzene rings is 1. The fourth-order valence-corrected chi connectivity index (χ4v) is 2.36. The third kappa shape index (κ3) is 3.04. The van der Waals surface area contributed by atoms with Crippen LogP contribution < -0.4 is 5.73 Å². The monoisotopic (exact) mass is 290 g/mol. The van der Waals surface area contributed by atoms with E-state index in [-0.39, 0.29) is 17.1 Å². The lowest BCUT2D eigenvalue weighted by molar-refractivity contribution is -0.385. The van der Waals surface area contributed by atoms with Crippen LogP contribution in [0.3, 0.4) is 0 Å². The molecule has 2 aromatic rings. The summed E-state index contributed by atoms with van der Waals surface area (Å²) in [5.74, 6) is -0.223. The maximum Gasteiger partial charge on any atom is 0.288 e. The first-order valence-corrected chi connectivity index (χ1v) is 6.28. The van der Waals surface area contributed by atoms with Gasteiger partial charge in [-0.3, -0.25) is 10.1 Å². The van der Waals surface area contributed by atoms with Gasteiger partial charge in [-0.05, 0) is 12.1 Å². The maximum atomic E-state index is 10.7. The number of hydrogen-bond acceptors (Lipinski definition) is 6. The Balaban J connectivity index is 2.44. The number of aromatic nitrogens is 1. The average molecular weight is 290 g/mol. The number of nitro groups is 1. The molecule has 0 unspecified atom stereocenters. The van der Waals surface area contributed by atoms with Gasteiger partial charge in [0.05, 0.1) is 10.5 Å². The molecule has 102 valence electrons. The highest BCUT2D eigenvalue weighted by molar-refractivity contribution is 7.99. The van der Waals surface area contributed by atoms with E-state index in [4.69, 9.17) is 10.9 Å². The zero-order chi connectivity index (χ0) is 14.5. The SMILES string of the molecule is NC(=NO)c1cc([N+](=O)[O-])cnc1Sc1ccccc1. The maximum absolute atomic E-state index is 10.7. The Morgan fingerprint density at radius 1 is 1.40 bits per heavy atom.